The van der Waals surface area contributed by atoms with Crippen LogP contribution in [0.5, 0.6) is 0 Å². The molecule has 6 heteroatoms. The molecule has 0 N–H and O–H groups in total. The minimum atomic E-state index is -0.164. The second-order valence-corrected chi connectivity index (χ2v) is 8.83. The zero-order valence-corrected chi connectivity index (χ0v) is 19.6. The molecule has 2 aromatic rings. The number of amides is 1. The fraction of sp³-hybridized carbons (Fsp3) is 0.500. The largest absolute Gasteiger partial charge is 0.383 e. The van der Waals surface area contributed by atoms with Crippen molar-refractivity contribution in [2.45, 2.75) is 26.3 Å². The van der Waals surface area contributed by atoms with Gasteiger partial charge in [-0.05, 0) is 31.4 Å². The highest BCUT2D eigenvalue weighted by atomic mass is 19.1. The zero-order valence-electron chi connectivity index (χ0n) is 19.6. The molecule has 0 saturated carbocycles. The molecule has 5 nitrogen and oxygen atoms in total. The number of hydrogen-bond donors (Lipinski definition) is 0. The molecular weight excluding hydrogens is 407 g/mol. The maximum absolute atomic E-state index is 14.4. The molecule has 1 heterocycles. The Morgan fingerprint density at radius 1 is 1.06 bits per heavy atom. The molecule has 32 heavy (non-hydrogen) atoms. The summed E-state index contributed by atoms with van der Waals surface area (Å²) in [6.45, 7) is 7.96. The van der Waals surface area contributed by atoms with Crippen LogP contribution in [0.3, 0.4) is 0 Å². The van der Waals surface area contributed by atoms with Gasteiger partial charge in [-0.3, -0.25) is 9.69 Å². The lowest BCUT2D eigenvalue weighted by molar-refractivity contribution is -0.136. The molecule has 0 bridgehead atoms. The van der Waals surface area contributed by atoms with E-state index in [0.717, 1.165) is 24.2 Å². The van der Waals surface area contributed by atoms with Gasteiger partial charge in [0.2, 0.25) is 5.91 Å². The smallest absolute Gasteiger partial charge is 0.248 e. The normalized spacial score (nSPS) is 18.8. The highest BCUT2D eigenvalue weighted by Crippen LogP contribution is 2.34. The van der Waals surface area contributed by atoms with Crippen molar-refractivity contribution in [3.05, 3.63) is 70.5 Å². The molecule has 1 aliphatic heterocycles. The summed E-state index contributed by atoms with van der Waals surface area (Å²) in [7, 11) is 3.18. The lowest BCUT2D eigenvalue weighted by atomic mass is 9.88. The van der Waals surface area contributed by atoms with Gasteiger partial charge in [-0.2, -0.15) is 0 Å². The second kappa shape index (κ2) is 11.5. The SMILES string of the molecule is COCCN(CC1CN(Cc2cc(C)ccc2F)CC1c1ccc(C)cc1)C(=O)COC. The van der Waals surface area contributed by atoms with E-state index >= 15 is 0 Å². The summed E-state index contributed by atoms with van der Waals surface area (Å²) in [6, 6.07) is 13.9. The summed E-state index contributed by atoms with van der Waals surface area (Å²) in [6.07, 6.45) is 0. The Labute approximate surface area is 191 Å². The Kier molecular flexibility index (Phi) is 8.79. The molecule has 3 rings (SSSR count). The van der Waals surface area contributed by atoms with E-state index in [1.807, 2.05) is 17.9 Å². The van der Waals surface area contributed by atoms with Crippen LogP contribution in [0.25, 0.3) is 0 Å². The average molecular weight is 443 g/mol. The highest BCUT2D eigenvalue weighted by molar-refractivity contribution is 5.77. The van der Waals surface area contributed by atoms with E-state index in [9.17, 15) is 9.18 Å². The van der Waals surface area contributed by atoms with Crippen molar-refractivity contribution in [1.82, 2.24) is 9.80 Å². The maximum atomic E-state index is 14.4. The molecule has 1 fully saturated rings. The van der Waals surface area contributed by atoms with Gasteiger partial charge in [-0.15, -0.1) is 0 Å². The van der Waals surface area contributed by atoms with Crippen LogP contribution >= 0.6 is 0 Å². The summed E-state index contributed by atoms with van der Waals surface area (Å²) >= 11 is 0. The van der Waals surface area contributed by atoms with Crippen LogP contribution in [0, 0.1) is 25.6 Å². The highest BCUT2D eigenvalue weighted by Gasteiger charge is 2.36. The Morgan fingerprint density at radius 2 is 1.78 bits per heavy atom. The first-order valence-electron chi connectivity index (χ1n) is 11.2. The molecule has 174 valence electrons. The molecule has 2 atom stereocenters. The van der Waals surface area contributed by atoms with Crippen molar-refractivity contribution in [1.29, 1.82) is 0 Å². The lowest BCUT2D eigenvalue weighted by Gasteiger charge is -2.28. The second-order valence-electron chi connectivity index (χ2n) is 8.83. The van der Waals surface area contributed by atoms with Gasteiger partial charge in [0.1, 0.15) is 12.4 Å². The average Bonchev–Trinajstić information content (AvgIpc) is 3.16. The number of likely N-dealkylation sites (tertiary alicyclic amines) is 1. The third kappa shape index (κ3) is 6.37. The van der Waals surface area contributed by atoms with Crippen LogP contribution < -0.4 is 0 Å². The Hall–Kier alpha value is -2.28. The first-order chi connectivity index (χ1) is 15.4. The minimum Gasteiger partial charge on any atom is -0.383 e. The number of carbonyl (C=O) groups excluding carboxylic acids is 1. The van der Waals surface area contributed by atoms with E-state index < -0.39 is 0 Å². The standard InChI is InChI=1S/C26H35FN2O3/c1-19-5-8-21(9-6-19)24-17-28(14-22-13-20(2)7-10-25(22)27)15-23(24)16-29(11-12-31-3)26(30)18-32-4/h5-10,13,23-24H,11-12,14-18H2,1-4H3. The third-order valence-corrected chi connectivity index (χ3v) is 6.26. The number of aryl methyl sites for hydroxylation is 2. The minimum absolute atomic E-state index is 0.0321. The Morgan fingerprint density at radius 3 is 2.47 bits per heavy atom. The van der Waals surface area contributed by atoms with Crippen molar-refractivity contribution in [2.75, 3.05) is 53.6 Å². The van der Waals surface area contributed by atoms with Crippen LogP contribution in [-0.4, -0.2) is 69.3 Å². The summed E-state index contributed by atoms with van der Waals surface area (Å²) in [4.78, 5) is 16.8. The van der Waals surface area contributed by atoms with Gasteiger partial charge in [-0.25, -0.2) is 4.39 Å². The lowest BCUT2D eigenvalue weighted by Crippen LogP contribution is -2.41. The molecule has 1 amide bonds. The van der Waals surface area contributed by atoms with Gasteiger partial charge in [-0.1, -0.05) is 47.5 Å². The number of methoxy groups -OCH3 is 2. The predicted octanol–water partition coefficient (Wildman–Crippen LogP) is 3.78. The topological polar surface area (TPSA) is 42.0 Å². The monoisotopic (exact) mass is 442 g/mol. The van der Waals surface area contributed by atoms with Crippen molar-refractivity contribution >= 4 is 5.91 Å². The van der Waals surface area contributed by atoms with E-state index in [1.165, 1.54) is 18.2 Å². The van der Waals surface area contributed by atoms with Gasteiger partial charge in [0, 0.05) is 58.4 Å². The Bertz CT molecular complexity index is 887. The number of ether oxygens (including phenoxy) is 2. The first kappa shape index (κ1) is 24.4. The van der Waals surface area contributed by atoms with E-state index in [2.05, 4.69) is 36.1 Å². The van der Waals surface area contributed by atoms with E-state index in [-0.39, 0.29) is 30.2 Å². The number of rotatable bonds is 10. The molecular formula is C26H35FN2O3. The van der Waals surface area contributed by atoms with Crippen molar-refractivity contribution in [2.24, 2.45) is 5.92 Å². The molecule has 2 aromatic carbocycles. The quantitative estimate of drug-likeness (QED) is 0.562. The van der Waals surface area contributed by atoms with Crippen molar-refractivity contribution in [3.63, 3.8) is 0 Å². The van der Waals surface area contributed by atoms with Crippen LogP contribution in [-0.2, 0) is 20.8 Å². The summed E-state index contributed by atoms with van der Waals surface area (Å²) < 4.78 is 24.7. The molecule has 0 aliphatic carbocycles. The number of nitrogens with zero attached hydrogens (tertiary/aromatic N) is 2. The van der Waals surface area contributed by atoms with E-state index in [1.54, 1.807) is 19.2 Å². The fourth-order valence-electron chi connectivity index (χ4n) is 4.55. The Balaban J connectivity index is 1.81. The van der Waals surface area contributed by atoms with E-state index in [4.69, 9.17) is 9.47 Å². The summed E-state index contributed by atoms with van der Waals surface area (Å²) in [5.74, 6) is 0.311. The van der Waals surface area contributed by atoms with Gasteiger partial charge < -0.3 is 14.4 Å². The summed E-state index contributed by atoms with van der Waals surface area (Å²) in [5.41, 5.74) is 4.26. The first-order valence-corrected chi connectivity index (χ1v) is 11.2. The molecule has 1 aliphatic rings. The van der Waals surface area contributed by atoms with Crippen LogP contribution in [0.4, 0.5) is 4.39 Å². The number of benzene rings is 2. The molecule has 0 spiro atoms. The molecule has 0 aromatic heterocycles. The van der Waals surface area contributed by atoms with Crippen molar-refractivity contribution in [3.8, 4) is 0 Å². The van der Waals surface area contributed by atoms with Gasteiger partial charge in [0.25, 0.3) is 0 Å². The molecule has 0 radical (unpaired) electrons. The summed E-state index contributed by atoms with van der Waals surface area (Å²) in [5, 5.41) is 0. The zero-order chi connectivity index (χ0) is 23.1. The molecule has 2 unspecified atom stereocenters. The predicted molar refractivity (Wildman–Crippen MR) is 124 cm³/mol. The van der Waals surface area contributed by atoms with Gasteiger partial charge in [0.15, 0.2) is 0 Å². The van der Waals surface area contributed by atoms with Crippen molar-refractivity contribution < 1.29 is 18.7 Å². The molecule has 1 saturated heterocycles. The van der Waals surface area contributed by atoms with Crippen LogP contribution in [0.2, 0.25) is 0 Å². The number of carbonyl (C=O) groups is 1. The van der Waals surface area contributed by atoms with E-state index in [0.29, 0.717) is 26.2 Å². The van der Waals surface area contributed by atoms with Crippen LogP contribution in [0.1, 0.15) is 28.2 Å². The number of halogens is 1. The fourth-order valence-corrected chi connectivity index (χ4v) is 4.55. The third-order valence-electron chi connectivity index (χ3n) is 6.26. The van der Waals surface area contributed by atoms with Gasteiger partial charge >= 0.3 is 0 Å². The maximum Gasteiger partial charge on any atom is 0.248 e. The number of hydrogen-bond acceptors (Lipinski definition) is 4. The van der Waals surface area contributed by atoms with Crippen LogP contribution in [0.15, 0.2) is 42.5 Å². The van der Waals surface area contributed by atoms with Gasteiger partial charge in [0.05, 0.1) is 6.61 Å².